The van der Waals surface area contributed by atoms with Crippen molar-refractivity contribution in [3.05, 3.63) is 65.2 Å². The maximum absolute atomic E-state index is 13.3. The molecule has 0 saturated carbocycles. The lowest BCUT2D eigenvalue weighted by molar-refractivity contribution is -0.921. The smallest absolute Gasteiger partial charge is 0.240 e. The van der Waals surface area contributed by atoms with Crippen molar-refractivity contribution in [3.63, 3.8) is 0 Å². The zero-order valence-corrected chi connectivity index (χ0v) is 15.0. The van der Waals surface area contributed by atoms with Gasteiger partial charge in [0.15, 0.2) is 11.6 Å². The lowest BCUT2D eigenvalue weighted by Gasteiger charge is -2.24. The Hall–Kier alpha value is -1.87. The summed E-state index contributed by atoms with van der Waals surface area (Å²) in [5.41, 5.74) is 1.91. The second-order valence-electron chi connectivity index (χ2n) is 6.21. The minimum atomic E-state index is -3.93. The van der Waals surface area contributed by atoms with Gasteiger partial charge in [-0.25, -0.2) is 21.9 Å². The van der Waals surface area contributed by atoms with E-state index in [0.717, 1.165) is 56.1 Å². The van der Waals surface area contributed by atoms with E-state index in [9.17, 15) is 17.2 Å². The van der Waals surface area contributed by atoms with Crippen molar-refractivity contribution in [2.45, 2.75) is 18.0 Å². The second kappa shape index (κ2) is 8.22. The zero-order valence-electron chi connectivity index (χ0n) is 14.2. The van der Waals surface area contributed by atoms with Gasteiger partial charge >= 0.3 is 0 Å². The Morgan fingerprint density at radius 2 is 1.69 bits per heavy atom. The number of halogens is 2. The first kappa shape index (κ1) is 18.9. The molecule has 0 amide bonds. The Bertz CT molecular complexity index is 868. The Labute approximate surface area is 151 Å². The molecule has 0 unspecified atom stereocenters. The lowest BCUT2D eigenvalue weighted by atomic mass is 10.1. The van der Waals surface area contributed by atoms with Gasteiger partial charge < -0.3 is 9.64 Å². The third-order valence-corrected chi connectivity index (χ3v) is 5.81. The van der Waals surface area contributed by atoms with Gasteiger partial charge in [0, 0.05) is 12.1 Å². The van der Waals surface area contributed by atoms with E-state index in [4.69, 9.17) is 4.74 Å². The summed E-state index contributed by atoms with van der Waals surface area (Å²) in [6, 6.07) is 10.1. The molecule has 8 heteroatoms. The van der Waals surface area contributed by atoms with Crippen LogP contribution in [0.25, 0.3) is 0 Å². The van der Waals surface area contributed by atoms with E-state index in [1.165, 1.54) is 4.90 Å². The van der Waals surface area contributed by atoms with E-state index in [-0.39, 0.29) is 11.4 Å². The molecule has 0 atom stereocenters. The molecule has 26 heavy (non-hydrogen) atoms. The van der Waals surface area contributed by atoms with Crippen LogP contribution < -0.4 is 9.62 Å². The molecule has 2 aromatic rings. The molecule has 1 aliphatic rings. The summed E-state index contributed by atoms with van der Waals surface area (Å²) in [7, 11) is -3.93. The van der Waals surface area contributed by atoms with E-state index in [1.807, 2.05) is 24.3 Å². The summed E-state index contributed by atoms with van der Waals surface area (Å²) in [5, 5.41) is 0. The third-order valence-electron chi connectivity index (χ3n) is 4.41. The summed E-state index contributed by atoms with van der Waals surface area (Å²) in [5.74, 6) is -2.27. The Kier molecular flexibility index (Phi) is 5.98. The first-order valence-electron chi connectivity index (χ1n) is 8.38. The summed E-state index contributed by atoms with van der Waals surface area (Å²) < 4.78 is 58.8. The zero-order chi connectivity index (χ0) is 18.6. The first-order valence-corrected chi connectivity index (χ1v) is 9.87. The van der Waals surface area contributed by atoms with Crippen molar-refractivity contribution in [2.75, 3.05) is 26.3 Å². The van der Waals surface area contributed by atoms with E-state index in [2.05, 4.69) is 4.72 Å². The molecule has 1 fully saturated rings. The van der Waals surface area contributed by atoms with E-state index in [0.29, 0.717) is 6.07 Å². The standard InChI is InChI=1S/C18H20F2N2O3S/c19-17-6-5-16(11-18(17)20)26(23,24)21-12-14-3-1-2-4-15(14)13-22-7-9-25-10-8-22/h1-6,11,21H,7-10,12-13H2/p+1. The monoisotopic (exact) mass is 383 g/mol. The van der Waals surface area contributed by atoms with Gasteiger partial charge in [-0.2, -0.15) is 0 Å². The molecule has 3 rings (SSSR count). The van der Waals surface area contributed by atoms with Crippen molar-refractivity contribution >= 4 is 10.0 Å². The first-order chi connectivity index (χ1) is 12.5. The summed E-state index contributed by atoms with van der Waals surface area (Å²) in [4.78, 5) is 1.08. The van der Waals surface area contributed by atoms with Crippen molar-refractivity contribution < 1.29 is 26.8 Å². The largest absolute Gasteiger partial charge is 0.370 e. The number of ether oxygens (including phenoxy) is 1. The highest BCUT2D eigenvalue weighted by molar-refractivity contribution is 7.89. The predicted octanol–water partition coefficient (Wildman–Crippen LogP) is 0.858. The average Bonchev–Trinajstić information content (AvgIpc) is 2.64. The maximum atomic E-state index is 13.3. The molecule has 0 radical (unpaired) electrons. The van der Waals surface area contributed by atoms with E-state index in [1.54, 1.807) is 0 Å². The highest BCUT2D eigenvalue weighted by atomic mass is 32.2. The van der Waals surface area contributed by atoms with Crippen LogP contribution in [0, 0.1) is 11.6 Å². The van der Waals surface area contributed by atoms with Crippen LogP contribution in [0.5, 0.6) is 0 Å². The van der Waals surface area contributed by atoms with Gasteiger partial charge in [-0.1, -0.05) is 24.3 Å². The van der Waals surface area contributed by atoms with Gasteiger partial charge in [0.05, 0.1) is 18.1 Å². The van der Waals surface area contributed by atoms with Crippen LogP contribution in [0.4, 0.5) is 8.78 Å². The minimum absolute atomic E-state index is 0.0846. The molecule has 0 aliphatic carbocycles. The van der Waals surface area contributed by atoms with E-state index >= 15 is 0 Å². The third kappa shape index (κ3) is 4.64. The summed E-state index contributed by atoms with van der Waals surface area (Å²) >= 11 is 0. The molecule has 5 nitrogen and oxygen atoms in total. The average molecular weight is 383 g/mol. The number of benzene rings is 2. The normalized spacial score (nSPS) is 15.9. The van der Waals surface area contributed by atoms with Gasteiger partial charge in [-0.15, -0.1) is 0 Å². The Balaban J connectivity index is 1.71. The minimum Gasteiger partial charge on any atom is -0.370 e. The van der Waals surface area contributed by atoms with E-state index < -0.39 is 21.7 Å². The number of sulfonamides is 1. The summed E-state index contributed by atoms with van der Waals surface area (Å²) in [6.07, 6.45) is 0. The van der Waals surface area contributed by atoms with Crippen LogP contribution in [0.15, 0.2) is 47.4 Å². The van der Waals surface area contributed by atoms with Gasteiger partial charge in [-0.3, -0.25) is 0 Å². The van der Waals surface area contributed by atoms with Crippen molar-refractivity contribution in [1.82, 2.24) is 4.72 Å². The highest BCUT2D eigenvalue weighted by Crippen LogP contribution is 2.15. The van der Waals surface area contributed by atoms with Crippen LogP contribution in [-0.4, -0.2) is 34.7 Å². The fraction of sp³-hybridized carbons (Fsp3) is 0.333. The van der Waals surface area contributed by atoms with Crippen molar-refractivity contribution in [2.24, 2.45) is 0 Å². The molecular formula is C18H21F2N2O3S+. The quantitative estimate of drug-likeness (QED) is 0.778. The number of hydrogen-bond donors (Lipinski definition) is 2. The number of morpholine rings is 1. The fourth-order valence-electron chi connectivity index (χ4n) is 2.91. The van der Waals surface area contributed by atoms with Crippen LogP contribution in [0.3, 0.4) is 0 Å². The molecule has 140 valence electrons. The molecule has 1 aliphatic heterocycles. The number of rotatable bonds is 6. The summed E-state index contributed by atoms with van der Waals surface area (Å²) in [6.45, 7) is 4.14. The molecule has 1 heterocycles. The maximum Gasteiger partial charge on any atom is 0.240 e. The highest BCUT2D eigenvalue weighted by Gasteiger charge is 2.19. The Morgan fingerprint density at radius 1 is 1.00 bits per heavy atom. The number of nitrogens with one attached hydrogen (secondary N) is 2. The number of quaternary nitrogens is 1. The lowest BCUT2D eigenvalue weighted by Crippen LogP contribution is -3.12. The predicted molar refractivity (Wildman–Crippen MR) is 92.0 cm³/mol. The van der Waals surface area contributed by atoms with Crippen LogP contribution in [0.2, 0.25) is 0 Å². The SMILES string of the molecule is O=S(=O)(NCc1ccccc1C[NH+]1CCOCC1)c1ccc(F)c(F)c1. The molecule has 0 spiro atoms. The van der Waals surface area contributed by atoms with Crippen LogP contribution in [0.1, 0.15) is 11.1 Å². The topological polar surface area (TPSA) is 59.8 Å². The molecular weight excluding hydrogens is 362 g/mol. The molecule has 0 aromatic heterocycles. The van der Waals surface area contributed by atoms with Crippen molar-refractivity contribution in [1.29, 1.82) is 0 Å². The fourth-order valence-corrected chi connectivity index (χ4v) is 3.93. The molecule has 1 saturated heterocycles. The number of hydrogen-bond acceptors (Lipinski definition) is 3. The van der Waals surface area contributed by atoms with Crippen LogP contribution >= 0.6 is 0 Å². The molecule has 2 N–H and O–H groups in total. The van der Waals surface area contributed by atoms with Gasteiger partial charge in [0.2, 0.25) is 10.0 Å². The van der Waals surface area contributed by atoms with Crippen molar-refractivity contribution in [3.8, 4) is 0 Å². The van der Waals surface area contributed by atoms with Gasteiger partial charge in [0.1, 0.15) is 19.6 Å². The molecule has 0 bridgehead atoms. The molecule has 2 aromatic carbocycles. The Morgan fingerprint density at radius 3 is 2.38 bits per heavy atom. The van der Waals surface area contributed by atoms with Crippen LogP contribution in [-0.2, 0) is 27.8 Å². The second-order valence-corrected chi connectivity index (χ2v) is 7.98. The van der Waals surface area contributed by atoms with Gasteiger partial charge in [0.25, 0.3) is 0 Å². The van der Waals surface area contributed by atoms with Gasteiger partial charge in [-0.05, 0) is 23.8 Å².